The normalized spacial score (nSPS) is 12.8. The van der Waals surface area contributed by atoms with Gasteiger partial charge in [-0.15, -0.1) is 0 Å². The van der Waals surface area contributed by atoms with Crippen molar-refractivity contribution in [3.63, 3.8) is 0 Å². The Bertz CT molecular complexity index is 2000. The van der Waals surface area contributed by atoms with Crippen molar-refractivity contribution in [3.05, 3.63) is 81.4 Å². The van der Waals surface area contributed by atoms with Crippen molar-refractivity contribution in [3.8, 4) is 11.4 Å². The molecular weight excluding hydrogens is 632 g/mol. The summed E-state index contributed by atoms with van der Waals surface area (Å²) in [7, 11) is -10.2. The smallest absolute Gasteiger partial charge is 0.744 e. The van der Waals surface area contributed by atoms with Gasteiger partial charge in [0.05, 0.1) is 27.4 Å². The van der Waals surface area contributed by atoms with Crippen molar-refractivity contribution < 1.29 is 65.1 Å². The number of nitrogens with two attached hydrogens (primary N) is 1. The minimum absolute atomic E-state index is 0. The van der Waals surface area contributed by atoms with Crippen molar-refractivity contribution >= 4 is 72.1 Å². The van der Waals surface area contributed by atoms with E-state index in [2.05, 4.69) is 20.3 Å². The first-order valence-electron chi connectivity index (χ1n) is 10.7. The summed E-state index contributed by atoms with van der Waals surface area (Å²) in [6, 6.07) is 9.80. The molecule has 0 unspecified atom stereocenters. The second-order valence-corrected chi connectivity index (χ2v) is 11.7. The van der Waals surface area contributed by atoms with E-state index in [9.17, 15) is 35.5 Å². The summed E-state index contributed by atoms with van der Waals surface area (Å²) in [5, 5.41) is 1.91. The molecule has 0 radical (unpaired) electrons. The van der Waals surface area contributed by atoms with Crippen LogP contribution in [0.5, 0.6) is 0 Å². The molecule has 3 aromatic carbocycles. The second-order valence-electron chi connectivity index (χ2n) is 8.25. The molecule has 41 heavy (non-hydrogen) atoms. The van der Waals surface area contributed by atoms with Gasteiger partial charge < -0.3 is 15.6 Å². The standard InChI is InChI=1S/C23H13Cl2N5O8S2.Na/c24-22-28-21(29-23(25)30-22)12-6-5-9(7-14(12)39(33,34)35)27-13-8-15(40(36,37)38)18(26)17-16(13)19(31)10-3-1-2-4-11(10)20(17)32;/h1-8,27H,26H2,(H,33,34,35)(H,36,37,38);/q;+1/p-1. The molecule has 1 aliphatic carbocycles. The summed E-state index contributed by atoms with van der Waals surface area (Å²) >= 11 is 11.5. The Kier molecular flexibility index (Phi) is 8.32. The maximum Gasteiger partial charge on any atom is 1.00 e. The van der Waals surface area contributed by atoms with Gasteiger partial charge in [-0.05, 0) is 47.5 Å². The number of carbonyl (C=O) groups excluding carboxylic acids is 2. The van der Waals surface area contributed by atoms with E-state index >= 15 is 0 Å². The number of hydrogen-bond acceptors (Lipinski definition) is 12. The van der Waals surface area contributed by atoms with Gasteiger partial charge in [0, 0.05) is 22.4 Å². The first-order chi connectivity index (χ1) is 18.7. The molecule has 5 rings (SSSR count). The number of nitrogens with one attached hydrogen (secondary N) is 1. The predicted octanol–water partition coefficient (Wildman–Crippen LogP) is 0.101. The van der Waals surface area contributed by atoms with Gasteiger partial charge in [0.25, 0.3) is 10.1 Å². The molecule has 204 valence electrons. The van der Waals surface area contributed by atoms with Crippen molar-refractivity contribution in [2.75, 3.05) is 11.1 Å². The van der Waals surface area contributed by atoms with E-state index in [4.69, 9.17) is 28.9 Å². The summed E-state index contributed by atoms with van der Waals surface area (Å²) in [6.45, 7) is 0. The maximum absolute atomic E-state index is 13.5. The van der Waals surface area contributed by atoms with Crippen LogP contribution >= 0.6 is 23.2 Å². The van der Waals surface area contributed by atoms with Gasteiger partial charge in [-0.3, -0.25) is 14.1 Å². The minimum Gasteiger partial charge on any atom is -0.744 e. The molecule has 0 aliphatic heterocycles. The topological polar surface area (TPSA) is 222 Å². The predicted molar refractivity (Wildman–Crippen MR) is 141 cm³/mol. The number of aromatic nitrogens is 3. The number of nitrogens with zero attached hydrogens (tertiary/aromatic N) is 3. The summed E-state index contributed by atoms with van der Waals surface area (Å²) in [6.07, 6.45) is 0. The van der Waals surface area contributed by atoms with Crippen LogP contribution in [-0.4, -0.2) is 52.5 Å². The van der Waals surface area contributed by atoms with E-state index in [1.807, 2.05) is 0 Å². The number of ketones is 2. The van der Waals surface area contributed by atoms with Crippen molar-refractivity contribution in [1.29, 1.82) is 0 Å². The molecule has 18 heteroatoms. The molecule has 4 N–H and O–H groups in total. The molecule has 4 aromatic rings. The molecule has 0 saturated carbocycles. The van der Waals surface area contributed by atoms with Gasteiger partial charge in [0.2, 0.25) is 10.6 Å². The van der Waals surface area contributed by atoms with Gasteiger partial charge in [-0.25, -0.2) is 8.42 Å². The van der Waals surface area contributed by atoms with Gasteiger partial charge in [-0.1, -0.05) is 24.3 Å². The van der Waals surface area contributed by atoms with Gasteiger partial charge in [-0.2, -0.15) is 23.4 Å². The third-order valence-electron chi connectivity index (χ3n) is 5.83. The Balaban J connectivity index is 0.00000387. The van der Waals surface area contributed by atoms with Crippen LogP contribution in [0.2, 0.25) is 10.6 Å². The molecule has 0 amide bonds. The fourth-order valence-corrected chi connectivity index (χ4v) is 5.91. The Hall–Kier alpha value is -2.99. The van der Waals surface area contributed by atoms with Crippen LogP contribution in [0, 0.1) is 0 Å². The van der Waals surface area contributed by atoms with E-state index in [1.54, 1.807) is 0 Å². The summed E-state index contributed by atoms with van der Waals surface area (Å²) < 4.78 is 70.4. The number of anilines is 3. The zero-order chi connectivity index (χ0) is 29.1. The number of rotatable bonds is 5. The summed E-state index contributed by atoms with van der Waals surface area (Å²) in [5.41, 5.74) is 3.70. The Morgan fingerprint density at radius 1 is 0.805 bits per heavy atom. The van der Waals surface area contributed by atoms with E-state index < -0.39 is 52.8 Å². The van der Waals surface area contributed by atoms with Gasteiger partial charge in [0.15, 0.2) is 17.4 Å². The van der Waals surface area contributed by atoms with Crippen LogP contribution in [0.1, 0.15) is 31.8 Å². The van der Waals surface area contributed by atoms with E-state index in [-0.39, 0.29) is 79.6 Å². The number of carbonyl (C=O) groups is 2. The van der Waals surface area contributed by atoms with Crippen LogP contribution in [0.4, 0.5) is 17.1 Å². The van der Waals surface area contributed by atoms with Gasteiger partial charge in [0.1, 0.15) is 15.0 Å². The molecule has 1 aliphatic rings. The van der Waals surface area contributed by atoms with Crippen molar-refractivity contribution in [1.82, 2.24) is 15.0 Å². The minimum atomic E-state index is -5.19. The molecule has 0 saturated heterocycles. The number of nitrogen functional groups attached to an aromatic ring is 1. The Morgan fingerprint density at radius 3 is 1.90 bits per heavy atom. The average Bonchev–Trinajstić information content (AvgIpc) is 2.86. The number of fused-ring (bicyclic) bond motifs is 2. The molecule has 1 heterocycles. The molecule has 1 aromatic heterocycles. The molecule has 0 spiro atoms. The van der Waals surface area contributed by atoms with Crippen LogP contribution in [0.3, 0.4) is 0 Å². The second kappa shape index (κ2) is 11.0. The number of halogens is 2. The van der Waals surface area contributed by atoms with Crippen LogP contribution in [0.15, 0.2) is 58.3 Å². The maximum atomic E-state index is 13.5. The van der Waals surface area contributed by atoms with Crippen molar-refractivity contribution in [2.24, 2.45) is 0 Å². The fraction of sp³-hybridized carbons (Fsp3) is 0. The van der Waals surface area contributed by atoms with Crippen molar-refractivity contribution in [2.45, 2.75) is 9.79 Å². The van der Waals surface area contributed by atoms with Crippen LogP contribution in [-0.2, 0) is 20.2 Å². The molecule has 0 atom stereocenters. The first kappa shape index (κ1) is 31.0. The quantitative estimate of drug-likeness (QED) is 0.131. The number of benzene rings is 3. The molecule has 0 fully saturated rings. The third kappa shape index (κ3) is 5.73. The van der Waals surface area contributed by atoms with E-state index in [0.717, 1.165) is 18.2 Å². The van der Waals surface area contributed by atoms with Crippen LogP contribution in [0.25, 0.3) is 11.4 Å². The molecular formula is C23H12Cl2N5NaO8S2. The van der Waals surface area contributed by atoms with Crippen LogP contribution < -0.4 is 40.6 Å². The molecule has 13 nitrogen and oxygen atoms in total. The SMILES string of the molecule is Nc1c(S(=O)(=O)O)cc(Nc2ccc(-c3nc(Cl)nc(Cl)n3)c(S(=O)(=O)[O-])c2)c2c1C(=O)c1ccccc1C2=O.[Na+]. The summed E-state index contributed by atoms with van der Waals surface area (Å²) in [4.78, 5) is 36.2. The third-order valence-corrected chi connectivity index (χ3v) is 7.94. The fourth-order valence-electron chi connectivity index (χ4n) is 4.20. The monoisotopic (exact) mass is 643 g/mol. The molecule has 0 bridgehead atoms. The Morgan fingerprint density at radius 2 is 1.37 bits per heavy atom. The largest absolute Gasteiger partial charge is 1.00 e. The zero-order valence-corrected chi connectivity index (χ0v) is 25.6. The van der Waals surface area contributed by atoms with Gasteiger partial charge >= 0.3 is 29.6 Å². The number of hydrogen-bond donors (Lipinski definition) is 3. The van der Waals surface area contributed by atoms with E-state index in [0.29, 0.717) is 0 Å². The Labute approximate surface area is 263 Å². The average molecular weight is 644 g/mol. The first-order valence-corrected chi connectivity index (χ1v) is 14.3. The van der Waals surface area contributed by atoms with E-state index in [1.165, 1.54) is 30.3 Å². The zero-order valence-electron chi connectivity index (χ0n) is 20.4. The summed E-state index contributed by atoms with van der Waals surface area (Å²) in [5.74, 6) is -1.82.